The molecule has 0 aliphatic rings. The number of rotatable bonds is 3. The molecule has 110 valence electrons. The summed E-state index contributed by atoms with van der Waals surface area (Å²) in [5.41, 5.74) is 4.29. The fraction of sp³-hybridized carbons (Fsp3) is 0.333. The van der Waals surface area contributed by atoms with Crippen molar-refractivity contribution < 1.29 is 4.79 Å². The molecule has 0 saturated heterocycles. The minimum Gasteiger partial charge on any atom is -0.305 e. The van der Waals surface area contributed by atoms with Gasteiger partial charge in [0.1, 0.15) is 0 Å². The molecule has 1 heterocycles. The number of ketones is 1. The van der Waals surface area contributed by atoms with Crippen LogP contribution in [0.5, 0.6) is 0 Å². The lowest BCUT2D eigenvalue weighted by molar-refractivity contribution is 0.101. The van der Waals surface area contributed by atoms with Crippen LogP contribution in [0.4, 0.5) is 0 Å². The van der Waals surface area contributed by atoms with Crippen molar-refractivity contribution in [2.75, 3.05) is 0 Å². The highest BCUT2D eigenvalue weighted by Crippen LogP contribution is 2.24. The number of nitrogens with zero attached hydrogens (tertiary/aromatic N) is 1. The van der Waals surface area contributed by atoms with Crippen molar-refractivity contribution in [2.45, 2.75) is 40.7 Å². The van der Waals surface area contributed by atoms with Gasteiger partial charge in [0, 0.05) is 6.04 Å². The van der Waals surface area contributed by atoms with Gasteiger partial charge in [-0.2, -0.15) is 0 Å². The maximum atomic E-state index is 12.5. The monoisotopic (exact) mass is 283 g/mol. The summed E-state index contributed by atoms with van der Waals surface area (Å²) in [6, 6.07) is 9.64. The zero-order chi connectivity index (χ0) is 15.7. The summed E-state index contributed by atoms with van der Waals surface area (Å²) >= 11 is 0. The van der Waals surface area contributed by atoms with Crippen LogP contribution in [0.15, 0.2) is 35.1 Å². The van der Waals surface area contributed by atoms with Gasteiger partial charge in [-0.3, -0.25) is 9.59 Å². The molecule has 0 fully saturated rings. The molecule has 0 spiro atoms. The molecule has 3 nitrogen and oxygen atoms in total. The predicted octanol–water partition coefficient (Wildman–Crippen LogP) is 3.92. The molecule has 1 aromatic heterocycles. The molecule has 0 bridgehead atoms. The molecule has 0 amide bonds. The number of Topliss-reactive ketones (excluding diaryl/α,β-unsaturated/α-hetero) is 1. The Morgan fingerprint density at radius 1 is 1.05 bits per heavy atom. The van der Waals surface area contributed by atoms with Crippen LogP contribution in [0, 0.1) is 13.8 Å². The molecule has 21 heavy (non-hydrogen) atoms. The number of aryl methyl sites for hydroxylation is 2. The van der Waals surface area contributed by atoms with E-state index in [0.29, 0.717) is 0 Å². The van der Waals surface area contributed by atoms with Gasteiger partial charge in [0.2, 0.25) is 0 Å². The maximum Gasteiger partial charge on any atom is 0.262 e. The highest BCUT2D eigenvalue weighted by Gasteiger charge is 2.15. The lowest BCUT2D eigenvalue weighted by atomic mass is 10.0. The summed E-state index contributed by atoms with van der Waals surface area (Å²) in [4.78, 5) is 24.1. The molecule has 2 aromatic rings. The summed E-state index contributed by atoms with van der Waals surface area (Å²) in [7, 11) is 0. The van der Waals surface area contributed by atoms with Crippen LogP contribution in [-0.4, -0.2) is 10.4 Å². The summed E-state index contributed by atoms with van der Waals surface area (Å²) in [6.07, 6.45) is 0. The normalized spacial score (nSPS) is 11.0. The first-order valence-electron chi connectivity index (χ1n) is 7.17. The van der Waals surface area contributed by atoms with E-state index in [-0.39, 0.29) is 22.9 Å². The Hall–Kier alpha value is -2.16. The van der Waals surface area contributed by atoms with Crippen molar-refractivity contribution in [3.8, 4) is 11.3 Å². The van der Waals surface area contributed by atoms with Gasteiger partial charge in [-0.1, -0.05) is 12.1 Å². The average molecular weight is 283 g/mol. The quantitative estimate of drug-likeness (QED) is 0.801. The Morgan fingerprint density at radius 3 is 2.24 bits per heavy atom. The average Bonchev–Trinajstić information content (AvgIpc) is 2.40. The number of hydrogen-bond donors (Lipinski definition) is 0. The molecular formula is C18H21NO2. The van der Waals surface area contributed by atoms with Gasteiger partial charge < -0.3 is 4.57 Å². The van der Waals surface area contributed by atoms with Crippen molar-refractivity contribution in [3.63, 3.8) is 0 Å². The molecule has 0 atom stereocenters. The lowest BCUT2D eigenvalue weighted by Gasteiger charge is -2.18. The lowest BCUT2D eigenvalue weighted by Crippen LogP contribution is -2.28. The van der Waals surface area contributed by atoms with Gasteiger partial charge in [0.15, 0.2) is 5.78 Å². The fourth-order valence-electron chi connectivity index (χ4n) is 2.47. The van der Waals surface area contributed by atoms with Crippen molar-refractivity contribution in [2.24, 2.45) is 0 Å². The smallest absolute Gasteiger partial charge is 0.262 e. The summed E-state index contributed by atoms with van der Waals surface area (Å²) < 4.78 is 1.70. The first-order chi connectivity index (χ1) is 9.82. The van der Waals surface area contributed by atoms with Crippen molar-refractivity contribution in [1.82, 2.24) is 4.57 Å². The summed E-state index contributed by atoms with van der Waals surface area (Å²) in [5, 5.41) is 0. The predicted molar refractivity (Wildman–Crippen MR) is 86.0 cm³/mol. The number of hydrogen-bond acceptors (Lipinski definition) is 2. The van der Waals surface area contributed by atoms with Gasteiger partial charge in [0.25, 0.3) is 5.56 Å². The third-order valence-electron chi connectivity index (χ3n) is 3.81. The zero-order valence-electron chi connectivity index (χ0n) is 13.2. The Morgan fingerprint density at radius 2 is 1.71 bits per heavy atom. The summed E-state index contributed by atoms with van der Waals surface area (Å²) in [6.45, 7) is 9.46. The maximum absolute atomic E-state index is 12.5. The highest BCUT2D eigenvalue weighted by atomic mass is 16.1. The minimum absolute atomic E-state index is 0.00610. The zero-order valence-corrected chi connectivity index (χ0v) is 13.2. The highest BCUT2D eigenvalue weighted by molar-refractivity contribution is 5.94. The van der Waals surface area contributed by atoms with E-state index in [2.05, 4.69) is 26.0 Å². The van der Waals surface area contributed by atoms with E-state index in [1.54, 1.807) is 10.6 Å². The third-order valence-corrected chi connectivity index (χ3v) is 3.81. The largest absolute Gasteiger partial charge is 0.305 e. The molecule has 0 radical (unpaired) electrons. The Kier molecular flexibility index (Phi) is 4.12. The number of carbonyl (C=O) groups excluding carboxylic acids is 1. The molecular weight excluding hydrogens is 262 g/mol. The third kappa shape index (κ3) is 2.82. The molecule has 3 heteroatoms. The Labute approximate surface area is 125 Å². The van der Waals surface area contributed by atoms with E-state index >= 15 is 0 Å². The fourth-order valence-corrected chi connectivity index (χ4v) is 2.47. The second-order valence-electron chi connectivity index (χ2n) is 5.76. The van der Waals surface area contributed by atoms with Crippen LogP contribution in [0.25, 0.3) is 11.3 Å². The molecule has 2 rings (SSSR count). The van der Waals surface area contributed by atoms with E-state index in [4.69, 9.17) is 0 Å². The van der Waals surface area contributed by atoms with E-state index < -0.39 is 0 Å². The first kappa shape index (κ1) is 15.2. The van der Waals surface area contributed by atoms with Gasteiger partial charge in [-0.05, 0) is 69.5 Å². The van der Waals surface area contributed by atoms with Crippen LogP contribution in [-0.2, 0) is 0 Å². The molecule has 0 saturated carbocycles. The van der Waals surface area contributed by atoms with Crippen LogP contribution < -0.4 is 5.56 Å². The van der Waals surface area contributed by atoms with Crippen LogP contribution >= 0.6 is 0 Å². The number of pyridine rings is 1. The van der Waals surface area contributed by atoms with E-state index in [1.165, 1.54) is 18.1 Å². The van der Waals surface area contributed by atoms with E-state index in [0.717, 1.165) is 11.3 Å². The van der Waals surface area contributed by atoms with Gasteiger partial charge in [0.05, 0.1) is 11.3 Å². The number of carbonyl (C=O) groups is 1. The molecule has 0 N–H and O–H groups in total. The second kappa shape index (κ2) is 5.68. The Bertz CT molecular complexity index is 754. The molecule has 1 aromatic carbocycles. The first-order valence-corrected chi connectivity index (χ1v) is 7.17. The van der Waals surface area contributed by atoms with Crippen molar-refractivity contribution >= 4 is 5.78 Å². The van der Waals surface area contributed by atoms with Crippen LogP contribution in [0.3, 0.4) is 0 Å². The van der Waals surface area contributed by atoms with Crippen LogP contribution in [0.2, 0.25) is 0 Å². The second-order valence-corrected chi connectivity index (χ2v) is 5.76. The van der Waals surface area contributed by atoms with E-state index in [1.807, 2.05) is 26.0 Å². The topological polar surface area (TPSA) is 39.1 Å². The SMILES string of the molecule is CC(=O)c1ccc(-c2ccc(C)c(C)c2)n(C(C)C)c1=O. The van der Waals surface area contributed by atoms with E-state index in [9.17, 15) is 9.59 Å². The molecule has 0 aliphatic heterocycles. The van der Waals surface area contributed by atoms with Crippen LogP contribution in [0.1, 0.15) is 48.3 Å². The molecule has 0 aliphatic carbocycles. The Balaban J connectivity index is 2.74. The van der Waals surface area contributed by atoms with Gasteiger partial charge >= 0.3 is 0 Å². The standard InChI is InChI=1S/C18H21NO2/c1-11(2)19-17(9-8-16(14(5)20)18(19)21)15-7-6-12(3)13(4)10-15/h6-11H,1-5H3. The molecule has 0 unspecified atom stereocenters. The van der Waals surface area contributed by atoms with Crippen molar-refractivity contribution in [3.05, 3.63) is 57.4 Å². The van der Waals surface area contributed by atoms with Crippen molar-refractivity contribution in [1.29, 1.82) is 0 Å². The minimum atomic E-state index is -0.215. The summed E-state index contributed by atoms with van der Waals surface area (Å²) in [5.74, 6) is -0.193. The van der Waals surface area contributed by atoms with Gasteiger partial charge in [-0.25, -0.2) is 0 Å². The number of benzene rings is 1. The van der Waals surface area contributed by atoms with Gasteiger partial charge in [-0.15, -0.1) is 0 Å². The number of aromatic nitrogens is 1.